The van der Waals surface area contributed by atoms with Crippen LogP contribution in [0, 0.1) is 0 Å². The van der Waals surface area contributed by atoms with Gasteiger partial charge in [0.2, 0.25) is 0 Å². The van der Waals surface area contributed by atoms with Crippen molar-refractivity contribution in [2.24, 2.45) is 5.73 Å². The largest absolute Gasteiger partial charge is 0.395 e. The highest BCUT2D eigenvalue weighted by molar-refractivity contribution is 4.88. The Morgan fingerprint density at radius 3 is 2.59 bits per heavy atom. The Labute approximate surface area is 106 Å². The van der Waals surface area contributed by atoms with Gasteiger partial charge in [0.05, 0.1) is 6.61 Å². The van der Waals surface area contributed by atoms with Crippen LogP contribution in [0.15, 0.2) is 0 Å². The molecule has 4 heteroatoms. The topological polar surface area (TPSA) is 52.7 Å². The average Bonchev–Trinajstić information content (AvgIpc) is 2.32. The summed E-state index contributed by atoms with van der Waals surface area (Å²) >= 11 is 0. The van der Waals surface area contributed by atoms with Crippen molar-refractivity contribution in [2.45, 2.75) is 51.2 Å². The Morgan fingerprint density at radius 1 is 1.35 bits per heavy atom. The summed E-state index contributed by atoms with van der Waals surface area (Å²) in [7, 11) is 2.19. The van der Waals surface area contributed by atoms with Crippen LogP contribution in [0.3, 0.4) is 0 Å². The number of aliphatic hydroxyl groups excluding tert-OH is 1. The first-order chi connectivity index (χ1) is 8.13. The smallest absolute Gasteiger partial charge is 0.0601 e. The molecule has 1 heterocycles. The van der Waals surface area contributed by atoms with Gasteiger partial charge >= 0.3 is 0 Å². The molecule has 1 rings (SSSR count). The standard InChI is InChI=1S/C13H29N3O/c1-4-6-12(14)13(10-17)16-8-7-15(3)11(5-2)9-16/h11-13,17H,4-10,14H2,1-3H3. The Hall–Kier alpha value is -0.160. The van der Waals surface area contributed by atoms with Gasteiger partial charge in [0.25, 0.3) is 0 Å². The van der Waals surface area contributed by atoms with Crippen molar-refractivity contribution in [3.8, 4) is 0 Å². The van der Waals surface area contributed by atoms with E-state index in [0.29, 0.717) is 6.04 Å². The Morgan fingerprint density at radius 2 is 2.06 bits per heavy atom. The molecule has 3 N–H and O–H groups in total. The molecule has 17 heavy (non-hydrogen) atoms. The van der Waals surface area contributed by atoms with Crippen molar-refractivity contribution >= 4 is 0 Å². The van der Waals surface area contributed by atoms with Crippen molar-refractivity contribution in [1.29, 1.82) is 0 Å². The molecule has 0 bridgehead atoms. The van der Waals surface area contributed by atoms with Gasteiger partial charge < -0.3 is 15.7 Å². The lowest BCUT2D eigenvalue weighted by Gasteiger charge is -2.44. The van der Waals surface area contributed by atoms with Gasteiger partial charge in [0.1, 0.15) is 0 Å². The van der Waals surface area contributed by atoms with Crippen LogP contribution < -0.4 is 5.73 Å². The second-order valence-electron chi connectivity index (χ2n) is 5.24. The zero-order chi connectivity index (χ0) is 12.8. The van der Waals surface area contributed by atoms with Crippen LogP contribution in [0.2, 0.25) is 0 Å². The van der Waals surface area contributed by atoms with Gasteiger partial charge in [-0.1, -0.05) is 20.3 Å². The number of likely N-dealkylation sites (N-methyl/N-ethyl adjacent to an activating group) is 1. The maximum absolute atomic E-state index is 9.56. The zero-order valence-electron chi connectivity index (χ0n) is 11.6. The van der Waals surface area contributed by atoms with Crippen molar-refractivity contribution in [3.63, 3.8) is 0 Å². The summed E-state index contributed by atoms with van der Waals surface area (Å²) < 4.78 is 0. The van der Waals surface area contributed by atoms with Gasteiger partial charge in [-0.15, -0.1) is 0 Å². The number of nitrogens with two attached hydrogens (primary N) is 1. The third kappa shape index (κ3) is 3.91. The molecule has 102 valence electrons. The average molecular weight is 243 g/mol. The van der Waals surface area contributed by atoms with Crippen molar-refractivity contribution in [1.82, 2.24) is 9.80 Å². The number of piperazine rings is 1. The Balaban J connectivity index is 2.57. The quantitative estimate of drug-likeness (QED) is 0.713. The van der Waals surface area contributed by atoms with E-state index in [-0.39, 0.29) is 18.7 Å². The summed E-state index contributed by atoms with van der Waals surface area (Å²) in [4.78, 5) is 4.80. The molecule has 0 spiro atoms. The number of hydrogen-bond acceptors (Lipinski definition) is 4. The van der Waals surface area contributed by atoms with Crippen LogP contribution in [-0.4, -0.2) is 66.3 Å². The third-order valence-electron chi connectivity index (χ3n) is 4.05. The molecule has 4 nitrogen and oxygen atoms in total. The predicted molar refractivity (Wildman–Crippen MR) is 72.0 cm³/mol. The van der Waals surface area contributed by atoms with Crippen LogP contribution in [0.5, 0.6) is 0 Å². The van der Waals surface area contributed by atoms with Gasteiger partial charge in [-0.3, -0.25) is 4.90 Å². The highest BCUT2D eigenvalue weighted by Gasteiger charge is 2.30. The van der Waals surface area contributed by atoms with Crippen molar-refractivity contribution in [2.75, 3.05) is 33.3 Å². The summed E-state index contributed by atoms with van der Waals surface area (Å²) in [6, 6.07) is 0.843. The van der Waals surface area contributed by atoms with E-state index in [4.69, 9.17) is 5.73 Å². The second-order valence-corrected chi connectivity index (χ2v) is 5.24. The molecule has 1 fully saturated rings. The number of aliphatic hydroxyl groups is 1. The maximum atomic E-state index is 9.56. The van der Waals surface area contributed by atoms with Crippen LogP contribution >= 0.6 is 0 Å². The van der Waals surface area contributed by atoms with Gasteiger partial charge in [-0.25, -0.2) is 0 Å². The fourth-order valence-corrected chi connectivity index (χ4v) is 2.76. The van der Waals surface area contributed by atoms with Gasteiger partial charge in [-0.05, 0) is 19.9 Å². The molecule has 1 saturated heterocycles. The monoisotopic (exact) mass is 243 g/mol. The highest BCUT2D eigenvalue weighted by atomic mass is 16.3. The molecule has 0 amide bonds. The molecule has 0 aromatic heterocycles. The minimum atomic E-state index is 0.103. The van der Waals surface area contributed by atoms with Gasteiger partial charge in [0, 0.05) is 37.8 Å². The molecule has 3 unspecified atom stereocenters. The Bertz CT molecular complexity index is 213. The fourth-order valence-electron chi connectivity index (χ4n) is 2.76. The molecular formula is C13H29N3O. The number of nitrogens with zero attached hydrogens (tertiary/aromatic N) is 2. The number of hydrogen-bond donors (Lipinski definition) is 2. The normalized spacial score (nSPS) is 27.0. The predicted octanol–water partition coefficient (Wildman–Crippen LogP) is 0.501. The zero-order valence-corrected chi connectivity index (χ0v) is 11.6. The van der Waals surface area contributed by atoms with E-state index in [2.05, 4.69) is 30.7 Å². The van der Waals surface area contributed by atoms with E-state index in [1.807, 2.05) is 0 Å². The first-order valence-electron chi connectivity index (χ1n) is 6.94. The summed E-state index contributed by atoms with van der Waals surface area (Å²) in [5.74, 6) is 0. The van der Waals surface area contributed by atoms with E-state index in [1.165, 1.54) is 0 Å². The molecule has 0 aromatic carbocycles. The minimum Gasteiger partial charge on any atom is -0.395 e. The molecule has 0 aromatic rings. The lowest BCUT2D eigenvalue weighted by atomic mass is 10.0. The van der Waals surface area contributed by atoms with E-state index in [9.17, 15) is 5.11 Å². The summed E-state index contributed by atoms with van der Waals surface area (Å²) in [6.45, 7) is 7.69. The lowest BCUT2D eigenvalue weighted by molar-refractivity contribution is 0.0288. The minimum absolute atomic E-state index is 0.103. The third-order valence-corrected chi connectivity index (χ3v) is 4.05. The maximum Gasteiger partial charge on any atom is 0.0601 e. The van der Waals surface area contributed by atoms with Gasteiger partial charge in [0.15, 0.2) is 0 Å². The van der Waals surface area contributed by atoms with Crippen LogP contribution in [-0.2, 0) is 0 Å². The van der Waals surface area contributed by atoms with E-state index < -0.39 is 0 Å². The number of rotatable bonds is 6. The molecule has 3 atom stereocenters. The molecule has 1 aliphatic rings. The molecule has 0 aliphatic carbocycles. The molecule has 1 aliphatic heterocycles. The van der Waals surface area contributed by atoms with Crippen LogP contribution in [0.25, 0.3) is 0 Å². The van der Waals surface area contributed by atoms with E-state index in [1.54, 1.807) is 0 Å². The van der Waals surface area contributed by atoms with Crippen molar-refractivity contribution in [3.05, 3.63) is 0 Å². The van der Waals surface area contributed by atoms with Crippen molar-refractivity contribution < 1.29 is 5.11 Å². The van der Waals surface area contributed by atoms with Gasteiger partial charge in [-0.2, -0.15) is 0 Å². The fraction of sp³-hybridized carbons (Fsp3) is 1.00. The molecule has 0 radical (unpaired) electrons. The highest BCUT2D eigenvalue weighted by Crippen LogP contribution is 2.16. The summed E-state index contributed by atoms with van der Waals surface area (Å²) in [5.41, 5.74) is 6.18. The SMILES string of the molecule is CCCC(N)C(CO)N1CCN(C)C(CC)C1. The molecule has 0 saturated carbocycles. The molecular weight excluding hydrogens is 214 g/mol. The lowest BCUT2D eigenvalue weighted by Crippen LogP contribution is -2.59. The Kier molecular flexibility index (Phi) is 6.41. The summed E-state index contributed by atoms with van der Waals surface area (Å²) in [6.07, 6.45) is 3.24. The van der Waals surface area contributed by atoms with Crippen LogP contribution in [0.1, 0.15) is 33.1 Å². The van der Waals surface area contributed by atoms with E-state index in [0.717, 1.165) is 38.9 Å². The van der Waals surface area contributed by atoms with Crippen LogP contribution in [0.4, 0.5) is 0 Å². The first-order valence-corrected chi connectivity index (χ1v) is 6.94. The second kappa shape index (κ2) is 7.31. The first kappa shape index (κ1) is 14.9. The summed E-state index contributed by atoms with van der Waals surface area (Å²) in [5, 5.41) is 9.56. The van der Waals surface area contributed by atoms with E-state index >= 15 is 0 Å².